The van der Waals surface area contributed by atoms with E-state index in [0.29, 0.717) is 17.4 Å². The molecular formula is C18H25N3O3. The Morgan fingerprint density at radius 1 is 1.29 bits per heavy atom. The summed E-state index contributed by atoms with van der Waals surface area (Å²) in [5.41, 5.74) is 5.64. The van der Waals surface area contributed by atoms with Gasteiger partial charge in [0, 0.05) is 30.7 Å². The molecule has 0 spiro atoms. The highest BCUT2D eigenvalue weighted by molar-refractivity contribution is 5.93. The second-order valence-electron chi connectivity index (χ2n) is 6.72. The predicted octanol–water partition coefficient (Wildman–Crippen LogP) is 1.25. The molecule has 6 heteroatoms. The molecule has 3 rings (SSSR count). The summed E-state index contributed by atoms with van der Waals surface area (Å²) < 4.78 is 5.58. The molecule has 130 valence electrons. The minimum absolute atomic E-state index is 0.00259. The minimum atomic E-state index is -0.506. The molecular weight excluding hydrogens is 306 g/mol. The van der Waals surface area contributed by atoms with Gasteiger partial charge in [-0.05, 0) is 44.5 Å². The monoisotopic (exact) mass is 331 g/mol. The summed E-state index contributed by atoms with van der Waals surface area (Å²) in [6.07, 6.45) is 3.67. The number of hydrogen-bond donors (Lipinski definition) is 1. The van der Waals surface area contributed by atoms with Crippen LogP contribution in [-0.4, -0.2) is 59.9 Å². The van der Waals surface area contributed by atoms with E-state index >= 15 is 0 Å². The van der Waals surface area contributed by atoms with Crippen molar-refractivity contribution in [2.24, 2.45) is 5.73 Å². The third-order valence-electron chi connectivity index (χ3n) is 4.99. The molecule has 2 aliphatic rings. The van der Waals surface area contributed by atoms with E-state index in [4.69, 9.17) is 10.5 Å². The fourth-order valence-corrected chi connectivity index (χ4v) is 3.67. The first-order valence-corrected chi connectivity index (χ1v) is 8.61. The van der Waals surface area contributed by atoms with Gasteiger partial charge >= 0.3 is 0 Å². The molecule has 0 unspecified atom stereocenters. The van der Waals surface area contributed by atoms with E-state index in [-0.39, 0.29) is 18.6 Å². The number of rotatable bonds is 4. The molecule has 24 heavy (non-hydrogen) atoms. The molecule has 0 saturated carbocycles. The van der Waals surface area contributed by atoms with Crippen molar-refractivity contribution >= 4 is 11.8 Å². The molecule has 1 aromatic rings. The van der Waals surface area contributed by atoms with E-state index in [2.05, 4.69) is 11.8 Å². The zero-order valence-electron chi connectivity index (χ0n) is 14.1. The van der Waals surface area contributed by atoms with Crippen LogP contribution in [0.1, 0.15) is 36.5 Å². The van der Waals surface area contributed by atoms with E-state index < -0.39 is 5.91 Å². The van der Waals surface area contributed by atoms with Crippen molar-refractivity contribution in [2.45, 2.75) is 38.3 Å². The van der Waals surface area contributed by atoms with Gasteiger partial charge in [0.05, 0.1) is 0 Å². The van der Waals surface area contributed by atoms with Crippen molar-refractivity contribution < 1.29 is 14.3 Å². The predicted molar refractivity (Wildman–Crippen MR) is 90.8 cm³/mol. The molecule has 1 aromatic carbocycles. The number of hydrogen-bond acceptors (Lipinski definition) is 4. The van der Waals surface area contributed by atoms with Gasteiger partial charge in [-0.25, -0.2) is 0 Å². The Bertz CT molecular complexity index is 619. The Hall–Kier alpha value is -2.08. The second kappa shape index (κ2) is 7.21. The zero-order chi connectivity index (χ0) is 17.1. The van der Waals surface area contributed by atoms with Crippen molar-refractivity contribution in [1.82, 2.24) is 9.80 Å². The average Bonchev–Trinajstić information content (AvgIpc) is 2.59. The van der Waals surface area contributed by atoms with Gasteiger partial charge in [0.25, 0.3) is 5.91 Å². The third kappa shape index (κ3) is 3.70. The van der Waals surface area contributed by atoms with Crippen LogP contribution in [0.2, 0.25) is 0 Å². The quantitative estimate of drug-likeness (QED) is 0.901. The van der Waals surface area contributed by atoms with E-state index in [1.807, 2.05) is 4.90 Å². The summed E-state index contributed by atoms with van der Waals surface area (Å²) in [6.45, 7) is 4.95. The molecule has 2 N–H and O–H groups in total. The highest BCUT2D eigenvalue weighted by atomic mass is 16.5. The van der Waals surface area contributed by atoms with Crippen LogP contribution < -0.4 is 10.5 Å². The first-order chi connectivity index (χ1) is 11.5. The minimum Gasteiger partial charge on any atom is -0.484 e. The molecule has 0 aliphatic carbocycles. The summed E-state index contributed by atoms with van der Waals surface area (Å²) in [7, 11) is 0. The van der Waals surface area contributed by atoms with Crippen molar-refractivity contribution in [3.63, 3.8) is 0 Å². The SMILES string of the molecule is C[C@@H]1CN2CCCC[C@@H]2CN1C(=O)COc1cccc(C(N)=O)c1. The molecule has 0 bridgehead atoms. The normalized spacial score (nSPS) is 24.3. The summed E-state index contributed by atoms with van der Waals surface area (Å²) in [5, 5.41) is 0. The Balaban J connectivity index is 1.58. The Kier molecular flexibility index (Phi) is 5.04. The number of carbonyl (C=O) groups excluding carboxylic acids is 2. The van der Waals surface area contributed by atoms with Gasteiger partial charge in [-0.15, -0.1) is 0 Å². The second-order valence-corrected chi connectivity index (χ2v) is 6.72. The standard InChI is InChI=1S/C18H25N3O3/c1-13-10-20-8-3-2-6-15(20)11-21(13)17(22)12-24-16-7-4-5-14(9-16)18(19)23/h4-5,7,9,13,15H,2-3,6,8,10-12H2,1H3,(H2,19,23)/t13-,15-/m1/s1. The highest BCUT2D eigenvalue weighted by Gasteiger charge is 2.35. The van der Waals surface area contributed by atoms with Gasteiger partial charge in [-0.1, -0.05) is 12.5 Å². The summed E-state index contributed by atoms with van der Waals surface area (Å²) >= 11 is 0. The third-order valence-corrected chi connectivity index (χ3v) is 4.99. The summed E-state index contributed by atoms with van der Waals surface area (Å²) in [4.78, 5) is 28.2. The topological polar surface area (TPSA) is 75.9 Å². The molecule has 2 amide bonds. The van der Waals surface area contributed by atoms with E-state index in [1.165, 1.54) is 12.8 Å². The Morgan fingerprint density at radius 2 is 2.12 bits per heavy atom. The number of ether oxygens (including phenoxy) is 1. The first kappa shape index (κ1) is 16.8. The van der Waals surface area contributed by atoms with Crippen LogP contribution in [0.15, 0.2) is 24.3 Å². The maximum absolute atomic E-state index is 12.6. The van der Waals surface area contributed by atoms with Crippen molar-refractivity contribution in [2.75, 3.05) is 26.2 Å². The van der Waals surface area contributed by atoms with Crippen LogP contribution in [0, 0.1) is 0 Å². The first-order valence-electron chi connectivity index (χ1n) is 8.61. The number of carbonyl (C=O) groups is 2. The van der Waals surface area contributed by atoms with Crippen LogP contribution in [0.5, 0.6) is 5.75 Å². The largest absolute Gasteiger partial charge is 0.484 e. The maximum atomic E-state index is 12.6. The molecule has 2 aliphatic heterocycles. The summed E-state index contributed by atoms with van der Waals surface area (Å²) in [5.74, 6) is -0.0189. The molecule has 2 saturated heterocycles. The molecule has 0 aromatic heterocycles. The van der Waals surface area contributed by atoms with Gasteiger partial charge in [0.1, 0.15) is 5.75 Å². The maximum Gasteiger partial charge on any atom is 0.260 e. The van der Waals surface area contributed by atoms with Gasteiger partial charge in [-0.3, -0.25) is 14.5 Å². The van der Waals surface area contributed by atoms with Crippen LogP contribution >= 0.6 is 0 Å². The van der Waals surface area contributed by atoms with Crippen molar-refractivity contribution in [3.05, 3.63) is 29.8 Å². The number of piperazine rings is 1. The molecule has 2 heterocycles. The highest BCUT2D eigenvalue weighted by Crippen LogP contribution is 2.24. The Labute approximate surface area is 142 Å². The fourth-order valence-electron chi connectivity index (χ4n) is 3.67. The van der Waals surface area contributed by atoms with Crippen molar-refractivity contribution in [3.8, 4) is 5.75 Å². The van der Waals surface area contributed by atoms with Crippen LogP contribution in [0.25, 0.3) is 0 Å². The fraction of sp³-hybridized carbons (Fsp3) is 0.556. The smallest absolute Gasteiger partial charge is 0.260 e. The molecule has 6 nitrogen and oxygen atoms in total. The number of nitrogens with two attached hydrogens (primary N) is 1. The van der Waals surface area contributed by atoms with Gasteiger partial charge < -0.3 is 15.4 Å². The lowest BCUT2D eigenvalue weighted by atomic mass is 9.97. The number of nitrogens with zero attached hydrogens (tertiary/aromatic N) is 2. The summed E-state index contributed by atoms with van der Waals surface area (Å²) in [6, 6.07) is 7.30. The number of fused-ring (bicyclic) bond motifs is 1. The van der Waals surface area contributed by atoms with Crippen LogP contribution in [0.3, 0.4) is 0 Å². The van der Waals surface area contributed by atoms with Crippen LogP contribution in [0.4, 0.5) is 0 Å². The van der Waals surface area contributed by atoms with E-state index in [9.17, 15) is 9.59 Å². The lowest BCUT2D eigenvalue weighted by Gasteiger charge is -2.47. The van der Waals surface area contributed by atoms with Crippen LogP contribution in [-0.2, 0) is 4.79 Å². The molecule has 2 atom stereocenters. The number of amides is 2. The Morgan fingerprint density at radius 3 is 2.92 bits per heavy atom. The molecule has 2 fully saturated rings. The number of primary amides is 1. The molecule has 0 radical (unpaired) electrons. The van der Waals surface area contributed by atoms with Gasteiger partial charge in [0.15, 0.2) is 6.61 Å². The number of piperidine rings is 1. The average molecular weight is 331 g/mol. The number of benzene rings is 1. The van der Waals surface area contributed by atoms with E-state index in [1.54, 1.807) is 24.3 Å². The lowest BCUT2D eigenvalue weighted by Crippen LogP contribution is -2.60. The van der Waals surface area contributed by atoms with Gasteiger partial charge in [-0.2, -0.15) is 0 Å². The van der Waals surface area contributed by atoms with Gasteiger partial charge in [0.2, 0.25) is 5.91 Å². The van der Waals surface area contributed by atoms with Crippen molar-refractivity contribution in [1.29, 1.82) is 0 Å². The van der Waals surface area contributed by atoms with E-state index in [0.717, 1.165) is 26.1 Å². The lowest BCUT2D eigenvalue weighted by molar-refractivity contribution is -0.140. The zero-order valence-corrected chi connectivity index (χ0v) is 14.1.